The van der Waals surface area contributed by atoms with E-state index in [1.54, 1.807) is 0 Å². The SMILES string of the molecule is CC1(c2nnc(-c3ccc(-n4ncc5ccccc54)cc3Cl)o2)CCCO1. The lowest BCUT2D eigenvalue weighted by molar-refractivity contribution is -0.00503. The minimum atomic E-state index is -0.508. The van der Waals surface area contributed by atoms with Crippen molar-refractivity contribution in [3.63, 3.8) is 0 Å². The van der Waals surface area contributed by atoms with Gasteiger partial charge in [0.1, 0.15) is 5.60 Å². The largest absolute Gasteiger partial charge is 0.417 e. The van der Waals surface area contributed by atoms with Gasteiger partial charge in [-0.05, 0) is 44.0 Å². The smallest absolute Gasteiger partial charge is 0.249 e. The Morgan fingerprint density at radius 3 is 2.85 bits per heavy atom. The molecule has 0 aliphatic carbocycles. The molecule has 6 nitrogen and oxygen atoms in total. The Kier molecular flexibility index (Phi) is 3.77. The Labute approximate surface area is 160 Å². The highest BCUT2D eigenvalue weighted by molar-refractivity contribution is 6.33. The van der Waals surface area contributed by atoms with Crippen molar-refractivity contribution in [2.24, 2.45) is 0 Å². The molecule has 1 fully saturated rings. The van der Waals surface area contributed by atoms with Gasteiger partial charge < -0.3 is 9.15 Å². The van der Waals surface area contributed by atoms with Crippen molar-refractivity contribution in [3.05, 3.63) is 59.6 Å². The number of benzene rings is 2. The minimum Gasteiger partial charge on any atom is -0.417 e. The Morgan fingerprint density at radius 2 is 2.04 bits per heavy atom. The van der Waals surface area contributed by atoms with Gasteiger partial charge in [0.25, 0.3) is 0 Å². The standard InChI is InChI=1S/C20H17ClN4O2/c1-20(9-4-10-26-20)19-24-23-18(27-19)15-8-7-14(11-16(15)21)25-17-6-3-2-5-13(17)12-22-25/h2-3,5-8,11-12H,4,9-10H2,1H3. The summed E-state index contributed by atoms with van der Waals surface area (Å²) in [4.78, 5) is 0. The maximum Gasteiger partial charge on any atom is 0.249 e. The molecule has 1 atom stereocenters. The molecule has 1 aliphatic heterocycles. The van der Waals surface area contributed by atoms with Crippen LogP contribution >= 0.6 is 11.6 Å². The van der Waals surface area contributed by atoms with Crippen LogP contribution in [-0.2, 0) is 10.3 Å². The van der Waals surface area contributed by atoms with Crippen LogP contribution in [0.15, 0.2) is 53.1 Å². The van der Waals surface area contributed by atoms with Crippen molar-refractivity contribution in [1.82, 2.24) is 20.0 Å². The van der Waals surface area contributed by atoms with Crippen LogP contribution in [0.1, 0.15) is 25.7 Å². The predicted octanol–water partition coefficient (Wildman–Crippen LogP) is 4.75. The van der Waals surface area contributed by atoms with Gasteiger partial charge in [-0.25, -0.2) is 4.68 Å². The Morgan fingerprint density at radius 1 is 1.15 bits per heavy atom. The fraction of sp³-hybridized carbons (Fsp3) is 0.250. The van der Waals surface area contributed by atoms with Gasteiger partial charge in [-0.15, -0.1) is 10.2 Å². The number of ether oxygens (including phenoxy) is 1. The second-order valence-electron chi connectivity index (χ2n) is 6.87. The molecule has 3 heterocycles. The van der Waals surface area contributed by atoms with Crippen LogP contribution in [0.4, 0.5) is 0 Å². The second-order valence-corrected chi connectivity index (χ2v) is 7.28. The Hall–Kier alpha value is -2.70. The van der Waals surface area contributed by atoms with E-state index in [9.17, 15) is 0 Å². The van der Waals surface area contributed by atoms with Gasteiger partial charge in [0.2, 0.25) is 11.8 Å². The van der Waals surface area contributed by atoms with Gasteiger partial charge >= 0.3 is 0 Å². The quantitative estimate of drug-likeness (QED) is 0.513. The molecule has 27 heavy (non-hydrogen) atoms. The fourth-order valence-electron chi connectivity index (χ4n) is 3.48. The number of hydrogen-bond acceptors (Lipinski definition) is 5. The van der Waals surface area contributed by atoms with Crippen molar-refractivity contribution in [1.29, 1.82) is 0 Å². The number of halogens is 1. The molecular weight excluding hydrogens is 364 g/mol. The summed E-state index contributed by atoms with van der Waals surface area (Å²) in [6.07, 6.45) is 3.69. The van der Waals surface area contributed by atoms with Crippen LogP contribution in [0, 0.1) is 0 Å². The van der Waals surface area contributed by atoms with E-state index in [1.165, 1.54) is 0 Å². The summed E-state index contributed by atoms with van der Waals surface area (Å²) < 4.78 is 13.5. The van der Waals surface area contributed by atoms with Crippen LogP contribution in [-0.4, -0.2) is 26.6 Å². The molecule has 2 aromatic heterocycles. The van der Waals surface area contributed by atoms with Gasteiger partial charge in [0.05, 0.1) is 28.0 Å². The van der Waals surface area contributed by atoms with E-state index in [0.29, 0.717) is 29.0 Å². The van der Waals surface area contributed by atoms with Gasteiger partial charge in [0.15, 0.2) is 0 Å². The van der Waals surface area contributed by atoms with Crippen molar-refractivity contribution in [2.75, 3.05) is 6.61 Å². The second kappa shape index (κ2) is 6.18. The first-order valence-electron chi connectivity index (χ1n) is 8.85. The normalized spacial score (nSPS) is 19.8. The van der Waals surface area contributed by atoms with Gasteiger partial charge in [0, 0.05) is 12.0 Å². The fourth-order valence-corrected chi connectivity index (χ4v) is 3.74. The van der Waals surface area contributed by atoms with Gasteiger partial charge in [-0.3, -0.25) is 0 Å². The lowest BCUT2D eigenvalue weighted by atomic mass is 10.0. The first-order chi connectivity index (χ1) is 13.1. The number of fused-ring (bicyclic) bond motifs is 1. The summed E-state index contributed by atoms with van der Waals surface area (Å²) in [5, 5.41) is 14.4. The van der Waals surface area contributed by atoms with E-state index in [2.05, 4.69) is 15.3 Å². The van der Waals surface area contributed by atoms with Crippen molar-refractivity contribution in [3.8, 4) is 17.1 Å². The number of nitrogens with zero attached hydrogens (tertiary/aromatic N) is 4. The van der Waals surface area contributed by atoms with E-state index in [-0.39, 0.29) is 0 Å². The highest BCUT2D eigenvalue weighted by atomic mass is 35.5. The first kappa shape index (κ1) is 16.5. The maximum atomic E-state index is 6.54. The highest BCUT2D eigenvalue weighted by Gasteiger charge is 2.37. The van der Waals surface area contributed by atoms with Crippen LogP contribution in [0.2, 0.25) is 5.02 Å². The summed E-state index contributed by atoms with van der Waals surface area (Å²) in [5.74, 6) is 0.886. The molecular formula is C20H17ClN4O2. The summed E-state index contributed by atoms with van der Waals surface area (Å²) >= 11 is 6.54. The minimum absolute atomic E-state index is 0.392. The Bertz CT molecular complexity index is 1130. The van der Waals surface area contributed by atoms with Crippen LogP contribution in [0.25, 0.3) is 28.0 Å². The zero-order valence-corrected chi connectivity index (χ0v) is 15.5. The van der Waals surface area contributed by atoms with Crippen LogP contribution in [0.5, 0.6) is 0 Å². The third kappa shape index (κ3) is 2.72. The molecule has 0 amide bonds. The van der Waals surface area contributed by atoms with E-state index >= 15 is 0 Å². The Balaban J connectivity index is 1.51. The van der Waals surface area contributed by atoms with Crippen molar-refractivity contribution >= 4 is 22.5 Å². The molecule has 4 aromatic rings. The molecule has 1 saturated heterocycles. The maximum absolute atomic E-state index is 6.54. The van der Waals surface area contributed by atoms with Crippen LogP contribution < -0.4 is 0 Å². The summed E-state index contributed by atoms with van der Waals surface area (Å²) in [7, 11) is 0. The summed E-state index contributed by atoms with van der Waals surface area (Å²) in [6.45, 7) is 2.69. The van der Waals surface area contributed by atoms with Gasteiger partial charge in [-0.1, -0.05) is 29.8 Å². The van der Waals surface area contributed by atoms with E-state index in [0.717, 1.165) is 29.4 Å². The molecule has 136 valence electrons. The molecule has 0 N–H and O–H groups in total. The van der Waals surface area contributed by atoms with E-state index in [1.807, 2.05) is 60.3 Å². The lowest BCUT2D eigenvalue weighted by Gasteiger charge is -2.17. The first-order valence-corrected chi connectivity index (χ1v) is 9.23. The molecule has 0 spiro atoms. The molecule has 5 rings (SSSR count). The average molecular weight is 381 g/mol. The molecule has 0 saturated carbocycles. The van der Waals surface area contributed by atoms with Crippen molar-refractivity contribution < 1.29 is 9.15 Å². The third-order valence-corrected chi connectivity index (χ3v) is 5.31. The van der Waals surface area contributed by atoms with Crippen molar-refractivity contribution in [2.45, 2.75) is 25.4 Å². The summed E-state index contributed by atoms with van der Waals surface area (Å²) in [5.41, 5.74) is 2.08. The zero-order valence-electron chi connectivity index (χ0n) is 14.7. The number of aromatic nitrogens is 4. The lowest BCUT2D eigenvalue weighted by Crippen LogP contribution is -2.20. The molecule has 0 bridgehead atoms. The molecule has 0 radical (unpaired) electrons. The van der Waals surface area contributed by atoms with E-state index in [4.69, 9.17) is 20.8 Å². The molecule has 1 aliphatic rings. The number of para-hydroxylation sites is 1. The van der Waals surface area contributed by atoms with E-state index < -0.39 is 5.60 Å². The third-order valence-electron chi connectivity index (χ3n) is 5.00. The summed E-state index contributed by atoms with van der Waals surface area (Å²) in [6, 6.07) is 13.7. The number of hydrogen-bond donors (Lipinski definition) is 0. The zero-order chi connectivity index (χ0) is 18.4. The van der Waals surface area contributed by atoms with Gasteiger partial charge in [-0.2, -0.15) is 5.10 Å². The highest BCUT2D eigenvalue weighted by Crippen LogP contribution is 2.37. The monoisotopic (exact) mass is 380 g/mol. The molecule has 1 unspecified atom stereocenters. The van der Waals surface area contributed by atoms with Crippen LogP contribution in [0.3, 0.4) is 0 Å². The predicted molar refractivity (Wildman–Crippen MR) is 102 cm³/mol. The number of rotatable bonds is 3. The topological polar surface area (TPSA) is 66.0 Å². The molecule has 2 aromatic carbocycles. The average Bonchev–Trinajstić information content (AvgIpc) is 3.41. The molecule has 7 heteroatoms.